The van der Waals surface area contributed by atoms with Crippen molar-refractivity contribution in [3.05, 3.63) is 24.3 Å². The molecule has 0 bridgehead atoms. The second kappa shape index (κ2) is 5.17. The smallest absolute Gasteiger partial charge is 0.217 e. The number of para-hydroxylation sites is 1. The molecule has 1 aliphatic rings. The van der Waals surface area contributed by atoms with Gasteiger partial charge in [0.2, 0.25) is 5.91 Å². The van der Waals surface area contributed by atoms with Gasteiger partial charge in [0.1, 0.15) is 0 Å². The van der Waals surface area contributed by atoms with Gasteiger partial charge in [-0.25, -0.2) is 4.98 Å². The van der Waals surface area contributed by atoms with Crippen molar-refractivity contribution in [1.82, 2.24) is 10.3 Å². The molecule has 4 nitrogen and oxygen atoms in total. The number of fused-ring (bicyclic) bond motifs is 1. The zero-order valence-electron chi connectivity index (χ0n) is 10.9. The standard InChI is InChI=1S/C14H17N3OS/c1-10(18)15-11-5-4-8-17(9-11)14-16-12-6-2-3-7-13(12)19-14/h2-3,6-7,11H,4-5,8-9H2,1H3,(H,15,18). The molecule has 3 rings (SSSR count). The molecule has 1 amide bonds. The highest BCUT2D eigenvalue weighted by atomic mass is 32.1. The van der Waals surface area contributed by atoms with Crippen molar-refractivity contribution >= 4 is 32.6 Å². The van der Waals surface area contributed by atoms with Gasteiger partial charge in [0.25, 0.3) is 0 Å². The van der Waals surface area contributed by atoms with Crippen LogP contribution < -0.4 is 10.2 Å². The number of anilines is 1. The molecule has 0 spiro atoms. The maximum atomic E-state index is 11.2. The van der Waals surface area contributed by atoms with Crippen LogP contribution >= 0.6 is 11.3 Å². The maximum Gasteiger partial charge on any atom is 0.217 e. The third-order valence-corrected chi connectivity index (χ3v) is 4.48. The van der Waals surface area contributed by atoms with E-state index in [1.54, 1.807) is 18.3 Å². The zero-order valence-corrected chi connectivity index (χ0v) is 11.7. The Bertz CT molecular complexity index is 562. The second-order valence-electron chi connectivity index (χ2n) is 4.95. The van der Waals surface area contributed by atoms with Crippen LogP contribution in [-0.4, -0.2) is 30.0 Å². The van der Waals surface area contributed by atoms with Crippen molar-refractivity contribution in [3.63, 3.8) is 0 Å². The molecule has 0 aliphatic carbocycles. The van der Waals surface area contributed by atoms with Crippen LogP contribution in [0.15, 0.2) is 24.3 Å². The predicted molar refractivity (Wildman–Crippen MR) is 78.7 cm³/mol. The van der Waals surface area contributed by atoms with E-state index in [1.807, 2.05) is 18.2 Å². The second-order valence-corrected chi connectivity index (χ2v) is 5.96. The summed E-state index contributed by atoms with van der Waals surface area (Å²) < 4.78 is 1.22. The van der Waals surface area contributed by atoms with Gasteiger partial charge in [0.15, 0.2) is 5.13 Å². The van der Waals surface area contributed by atoms with Crippen molar-refractivity contribution in [2.75, 3.05) is 18.0 Å². The molecular weight excluding hydrogens is 258 g/mol. The molecule has 5 heteroatoms. The normalized spacial score (nSPS) is 19.6. The third kappa shape index (κ3) is 2.71. The molecule has 2 aromatic rings. The average Bonchev–Trinajstić information content (AvgIpc) is 2.82. The summed E-state index contributed by atoms with van der Waals surface area (Å²) in [5, 5.41) is 4.08. The van der Waals surface area contributed by atoms with E-state index in [1.165, 1.54) is 4.70 Å². The Labute approximate surface area is 116 Å². The minimum absolute atomic E-state index is 0.0520. The van der Waals surface area contributed by atoms with E-state index in [0.29, 0.717) is 0 Å². The SMILES string of the molecule is CC(=O)NC1CCCN(c2nc3ccccc3s2)C1. The predicted octanol–water partition coefficient (Wildman–Crippen LogP) is 2.40. The Morgan fingerprint density at radius 2 is 2.32 bits per heavy atom. The zero-order chi connectivity index (χ0) is 13.2. The van der Waals surface area contributed by atoms with Gasteiger partial charge in [0, 0.05) is 26.1 Å². The number of benzene rings is 1. The Morgan fingerprint density at radius 3 is 3.11 bits per heavy atom. The van der Waals surface area contributed by atoms with Crippen molar-refractivity contribution in [3.8, 4) is 0 Å². The minimum Gasteiger partial charge on any atom is -0.352 e. The molecule has 2 heterocycles. The summed E-state index contributed by atoms with van der Waals surface area (Å²) >= 11 is 1.73. The van der Waals surface area contributed by atoms with Crippen LogP contribution in [0.25, 0.3) is 10.2 Å². The lowest BCUT2D eigenvalue weighted by atomic mass is 10.1. The van der Waals surface area contributed by atoms with Gasteiger partial charge in [-0.1, -0.05) is 23.5 Å². The van der Waals surface area contributed by atoms with Crippen LogP contribution in [0.4, 0.5) is 5.13 Å². The molecule has 1 unspecified atom stereocenters. The Morgan fingerprint density at radius 1 is 1.47 bits per heavy atom. The topological polar surface area (TPSA) is 45.2 Å². The molecule has 1 aliphatic heterocycles. The summed E-state index contributed by atoms with van der Waals surface area (Å²) in [6.45, 7) is 3.46. The first-order chi connectivity index (χ1) is 9.22. The largest absolute Gasteiger partial charge is 0.352 e. The molecule has 1 N–H and O–H groups in total. The summed E-state index contributed by atoms with van der Waals surface area (Å²) in [5.74, 6) is 0.0520. The summed E-state index contributed by atoms with van der Waals surface area (Å²) in [4.78, 5) is 18.1. The lowest BCUT2D eigenvalue weighted by Crippen LogP contribution is -2.47. The van der Waals surface area contributed by atoms with Gasteiger partial charge >= 0.3 is 0 Å². The van der Waals surface area contributed by atoms with E-state index in [-0.39, 0.29) is 11.9 Å². The molecule has 1 aromatic carbocycles. The third-order valence-electron chi connectivity index (χ3n) is 3.38. The van der Waals surface area contributed by atoms with Crippen molar-refractivity contribution in [2.24, 2.45) is 0 Å². The Hall–Kier alpha value is -1.62. The summed E-state index contributed by atoms with van der Waals surface area (Å²) in [5.41, 5.74) is 1.06. The van der Waals surface area contributed by atoms with Gasteiger partial charge in [0.05, 0.1) is 10.2 Å². The monoisotopic (exact) mass is 275 g/mol. The van der Waals surface area contributed by atoms with Gasteiger partial charge in [-0.05, 0) is 25.0 Å². The maximum absolute atomic E-state index is 11.2. The van der Waals surface area contributed by atoms with E-state index in [2.05, 4.69) is 21.3 Å². The fourth-order valence-electron chi connectivity index (χ4n) is 2.55. The van der Waals surface area contributed by atoms with E-state index >= 15 is 0 Å². The Kier molecular flexibility index (Phi) is 3.38. The molecule has 1 aromatic heterocycles. The molecule has 1 atom stereocenters. The number of hydrogen-bond donors (Lipinski definition) is 1. The van der Waals surface area contributed by atoms with E-state index in [0.717, 1.165) is 36.6 Å². The van der Waals surface area contributed by atoms with Crippen LogP contribution in [0.2, 0.25) is 0 Å². The van der Waals surface area contributed by atoms with E-state index in [4.69, 9.17) is 0 Å². The van der Waals surface area contributed by atoms with E-state index in [9.17, 15) is 4.79 Å². The quantitative estimate of drug-likeness (QED) is 0.915. The number of carbonyl (C=O) groups is 1. The summed E-state index contributed by atoms with van der Waals surface area (Å²) in [6, 6.07) is 8.46. The molecule has 0 saturated carbocycles. The first kappa shape index (κ1) is 12.4. The van der Waals surface area contributed by atoms with Crippen LogP contribution in [-0.2, 0) is 4.79 Å². The van der Waals surface area contributed by atoms with Crippen molar-refractivity contribution in [1.29, 1.82) is 0 Å². The van der Waals surface area contributed by atoms with Crippen LogP contribution in [0.1, 0.15) is 19.8 Å². The molecule has 19 heavy (non-hydrogen) atoms. The number of amides is 1. The highest BCUT2D eigenvalue weighted by Crippen LogP contribution is 2.30. The molecular formula is C14H17N3OS. The number of rotatable bonds is 2. The molecule has 100 valence electrons. The highest BCUT2D eigenvalue weighted by Gasteiger charge is 2.22. The van der Waals surface area contributed by atoms with Crippen LogP contribution in [0, 0.1) is 0 Å². The number of nitrogens with zero attached hydrogens (tertiary/aromatic N) is 2. The summed E-state index contributed by atoms with van der Waals surface area (Å²) in [7, 11) is 0. The number of nitrogens with one attached hydrogen (secondary N) is 1. The number of thiazole rings is 1. The van der Waals surface area contributed by atoms with Crippen molar-refractivity contribution < 1.29 is 4.79 Å². The first-order valence-electron chi connectivity index (χ1n) is 6.60. The van der Waals surface area contributed by atoms with E-state index < -0.39 is 0 Å². The van der Waals surface area contributed by atoms with Gasteiger partial charge in [-0.15, -0.1) is 0 Å². The lowest BCUT2D eigenvalue weighted by molar-refractivity contribution is -0.119. The highest BCUT2D eigenvalue weighted by molar-refractivity contribution is 7.22. The minimum atomic E-state index is 0.0520. The fourth-order valence-corrected chi connectivity index (χ4v) is 3.55. The van der Waals surface area contributed by atoms with Crippen molar-refractivity contribution in [2.45, 2.75) is 25.8 Å². The molecule has 1 fully saturated rings. The van der Waals surface area contributed by atoms with Gasteiger partial charge < -0.3 is 10.2 Å². The van der Waals surface area contributed by atoms with Gasteiger partial charge in [-0.3, -0.25) is 4.79 Å². The first-order valence-corrected chi connectivity index (χ1v) is 7.41. The number of aromatic nitrogens is 1. The fraction of sp³-hybridized carbons (Fsp3) is 0.429. The number of carbonyl (C=O) groups excluding carboxylic acids is 1. The average molecular weight is 275 g/mol. The van der Waals surface area contributed by atoms with Crippen LogP contribution in [0.5, 0.6) is 0 Å². The Balaban J connectivity index is 1.79. The summed E-state index contributed by atoms with van der Waals surface area (Å²) in [6.07, 6.45) is 2.15. The number of hydrogen-bond acceptors (Lipinski definition) is 4. The molecule has 1 saturated heterocycles. The van der Waals surface area contributed by atoms with Gasteiger partial charge in [-0.2, -0.15) is 0 Å². The number of piperidine rings is 1. The van der Waals surface area contributed by atoms with Crippen LogP contribution in [0.3, 0.4) is 0 Å². The molecule has 0 radical (unpaired) electrons. The lowest BCUT2D eigenvalue weighted by Gasteiger charge is -2.32.